The third-order valence-corrected chi connectivity index (χ3v) is 5.03. The van der Waals surface area contributed by atoms with Gasteiger partial charge in [-0.3, -0.25) is 18.7 Å². The average molecular weight is 484 g/mol. The zero-order valence-electron chi connectivity index (χ0n) is 12.5. The molecule has 1 aliphatic heterocycles. The number of carbonyl (C=O) groups is 4. The molecule has 14 heteroatoms. The van der Waals surface area contributed by atoms with Crippen molar-refractivity contribution in [2.24, 2.45) is 0 Å². The molecule has 0 radical (unpaired) electrons. The molecule has 0 saturated carbocycles. The normalized spacial score (nSPS) is 19.2. The minimum Gasteiger partial charge on any atom is -0.479 e. The van der Waals surface area contributed by atoms with Crippen molar-refractivity contribution >= 4 is 58.3 Å². The van der Waals surface area contributed by atoms with Gasteiger partial charge in [-0.05, 0) is 11.9 Å². The van der Waals surface area contributed by atoms with Crippen LogP contribution in [0, 0.1) is 0 Å². The van der Waals surface area contributed by atoms with Crippen LogP contribution in [0.1, 0.15) is 5.82 Å². The Labute approximate surface area is 158 Å². The molecule has 1 aromatic heterocycles. The van der Waals surface area contributed by atoms with Gasteiger partial charge in [0.25, 0.3) is 5.91 Å². The van der Waals surface area contributed by atoms with Crippen molar-refractivity contribution in [1.29, 1.82) is 0 Å². The number of carboxylic acid groups (broad SMARTS) is 1. The van der Waals surface area contributed by atoms with Crippen molar-refractivity contribution < 1.29 is 29.0 Å². The Bertz CT molecular complexity index is 657. The first-order chi connectivity index (χ1) is 11.9. The second-order valence-electron chi connectivity index (χ2n) is 4.76. The van der Waals surface area contributed by atoms with Crippen molar-refractivity contribution in [1.82, 2.24) is 30.2 Å². The van der Waals surface area contributed by atoms with E-state index < -0.39 is 30.5 Å². The van der Waals surface area contributed by atoms with Gasteiger partial charge >= 0.3 is 11.9 Å². The fourth-order valence-electron chi connectivity index (χ4n) is 1.92. The predicted molar refractivity (Wildman–Crippen MR) is 90.4 cm³/mol. The highest BCUT2D eigenvalue weighted by molar-refractivity contribution is 14.1. The minimum absolute atomic E-state index is 0.108. The topological polar surface area (TPSA) is 167 Å². The molecule has 0 bridgehead atoms. The van der Waals surface area contributed by atoms with Gasteiger partial charge in [0.15, 0.2) is 12.4 Å². The summed E-state index contributed by atoms with van der Waals surface area (Å²) < 4.78 is 6.39. The van der Waals surface area contributed by atoms with Gasteiger partial charge < -0.3 is 15.2 Å². The number of amides is 2. The summed E-state index contributed by atoms with van der Waals surface area (Å²) in [7, 11) is 0. The van der Waals surface area contributed by atoms with Crippen LogP contribution >= 0.6 is 34.5 Å². The summed E-state index contributed by atoms with van der Waals surface area (Å²) in [5.41, 5.74) is 0. The quantitative estimate of drug-likeness (QED) is 0.119. The van der Waals surface area contributed by atoms with Crippen LogP contribution in [0.3, 0.4) is 0 Å². The van der Waals surface area contributed by atoms with Crippen molar-refractivity contribution in [3.8, 4) is 0 Å². The maximum atomic E-state index is 12.1. The summed E-state index contributed by atoms with van der Waals surface area (Å²) in [6.07, 6.45) is -0.108. The molecule has 25 heavy (non-hydrogen) atoms. The van der Waals surface area contributed by atoms with Crippen LogP contribution in [-0.2, 0) is 30.3 Å². The molecule has 2 atom stereocenters. The van der Waals surface area contributed by atoms with Crippen LogP contribution < -0.4 is 5.32 Å². The summed E-state index contributed by atoms with van der Waals surface area (Å²) in [5, 5.41) is 23.9. The molecule has 0 aliphatic carbocycles. The standard InChI is InChI=1S/C11H13IN6O6S/c12-2-5-10(13-7(19)1-6-14-16-17-15-6)11(23)18(5)25-4-9(22)24-3-8(20)21/h5,10H,1-4H2,(H,13,19)(H,20,21)(H,14,15,16,17). The first-order valence-corrected chi connectivity index (χ1v) is 9.30. The molecule has 2 amide bonds. The van der Waals surface area contributed by atoms with E-state index in [4.69, 9.17) is 5.11 Å². The number of rotatable bonds is 9. The molecule has 0 aromatic carbocycles. The van der Waals surface area contributed by atoms with Gasteiger partial charge in [0, 0.05) is 4.43 Å². The number of tetrazole rings is 1. The molecule has 0 spiro atoms. The zero-order chi connectivity index (χ0) is 18.4. The van der Waals surface area contributed by atoms with Gasteiger partial charge in [-0.15, -0.1) is 10.2 Å². The molecule has 1 aliphatic rings. The molecule has 3 N–H and O–H groups in total. The van der Waals surface area contributed by atoms with E-state index in [2.05, 4.69) is 53.3 Å². The summed E-state index contributed by atoms with van der Waals surface area (Å²) >= 11 is 2.99. The van der Waals surface area contributed by atoms with Crippen molar-refractivity contribution in [3.05, 3.63) is 5.82 Å². The monoisotopic (exact) mass is 484 g/mol. The maximum absolute atomic E-state index is 12.1. The largest absolute Gasteiger partial charge is 0.479 e. The Hall–Kier alpha value is -1.97. The Morgan fingerprint density at radius 1 is 1.44 bits per heavy atom. The lowest BCUT2D eigenvalue weighted by atomic mass is 10.0. The zero-order valence-corrected chi connectivity index (χ0v) is 15.5. The van der Waals surface area contributed by atoms with E-state index in [1.165, 1.54) is 4.31 Å². The fourth-order valence-corrected chi connectivity index (χ4v) is 4.05. The minimum atomic E-state index is -1.26. The third-order valence-electron chi connectivity index (χ3n) is 3.03. The number of nitrogens with zero attached hydrogens (tertiary/aromatic N) is 4. The van der Waals surface area contributed by atoms with Crippen LogP contribution in [0.4, 0.5) is 0 Å². The number of alkyl halides is 1. The second-order valence-corrected chi connectivity index (χ2v) is 6.58. The number of esters is 1. The molecule has 12 nitrogen and oxygen atoms in total. The van der Waals surface area contributed by atoms with Gasteiger partial charge in [-0.2, -0.15) is 5.21 Å². The Morgan fingerprint density at radius 3 is 2.80 bits per heavy atom. The van der Waals surface area contributed by atoms with Gasteiger partial charge in [0.05, 0.1) is 12.5 Å². The molecule has 1 saturated heterocycles. The van der Waals surface area contributed by atoms with Crippen LogP contribution in [0.5, 0.6) is 0 Å². The fraction of sp³-hybridized carbons (Fsp3) is 0.545. The highest BCUT2D eigenvalue weighted by Crippen LogP contribution is 2.30. The summed E-state index contributed by atoms with van der Waals surface area (Å²) in [6.45, 7) is -0.724. The summed E-state index contributed by atoms with van der Waals surface area (Å²) in [5.74, 6) is -2.75. The lowest BCUT2D eigenvalue weighted by Gasteiger charge is -2.45. The number of hydrogen-bond donors (Lipinski definition) is 3. The Kier molecular flexibility index (Phi) is 6.91. The molecule has 2 rings (SSSR count). The second kappa shape index (κ2) is 8.93. The molecule has 136 valence electrons. The highest BCUT2D eigenvalue weighted by Gasteiger charge is 2.48. The average Bonchev–Trinajstić information content (AvgIpc) is 3.07. The number of H-pyrrole nitrogens is 1. The van der Waals surface area contributed by atoms with E-state index in [9.17, 15) is 19.2 Å². The number of carboxylic acids is 1. The van der Waals surface area contributed by atoms with E-state index in [0.29, 0.717) is 4.43 Å². The van der Waals surface area contributed by atoms with Crippen LogP contribution in [0.15, 0.2) is 0 Å². The first-order valence-electron chi connectivity index (χ1n) is 6.83. The first kappa shape index (κ1) is 19.4. The van der Waals surface area contributed by atoms with Crippen molar-refractivity contribution in [3.63, 3.8) is 0 Å². The van der Waals surface area contributed by atoms with Gasteiger partial charge in [0.1, 0.15) is 11.8 Å². The lowest BCUT2D eigenvalue weighted by molar-refractivity contribution is -0.153. The number of nitrogens with one attached hydrogen (secondary N) is 2. The van der Waals surface area contributed by atoms with Gasteiger partial charge in [-0.25, -0.2) is 4.79 Å². The van der Waals surface area contributed by atoms with E-state index in [1.54, 1.807) is 0 Å². The van der Waals surface area contributed by atoms with E-state index in [1.807, 2.05) is 0 Å². The predicted octanol–water partition coefficient (Wildman–Crippen LogP) is -1.85. The number of carbonyl (C=O) groups excluding carboxylic acids is 3. The third kappa shape index (κ3) is 5.25. The number of halogens is 1. The molecular formula is C11H13IN6O6S. The molecule has 1 fully saturated rings. The number of hydrogen-bond acceptors (Lipinski definition) is 9. The smallest absolute Gasteiger partial charge is 0.341 e. The van der Waals surface area contributed by atoms with E-state index in [-0.39, 0.29) is 29.9 Å². The van der Waals surface area contributed by atoms with Crippen LogP contribution in [0.2, 0.25) is 0 Å². The van der Waals surface area contributed by atoms with Gasteiger partial charge in [-0.1, -0.05) is 27.8 Å². The number of ether oxygens (including phenoxy) is 1. The van der Waals surface area contributed by atoms with E-state index in [0.717, 1.165) is 11.9 Å². The van der Waals surface area contributed by atoms with Crippen LogP contribution in [0.25, 0.3) is 0 Å². The molecule has 2 unspecified atom stereocenters. The number of β-lactam (4-membered cyclic amide) rings is 1. The summed E-state index contributed by atoms with van der Waals surface area (Å²) in [6, 6.07) is -0.988. The molecular weight excluding hydrogens is 471 g/mol. The van der Waals surface area contributed by atoms with Crippen molar-refractivity contribution in [2.45, 2.75) is 18.5 Å². The number of aromatic amines is 1. The van der Waals surface area contributed by atoms with E-state index >= 15 is 0 Å². The Balaban J connectivity index is 1.79. The number of aliphatic carboxylic acids is 1. The number of aromatic nitrogens is 4. The van der Waals surface area contributed by atoms with Crippen molar-refractivity contribution in [2.75, 3.05) is 16.8 Å². The maximum Gasteiger partial charge on any atom is 0.341 e. The van der Waals surface area contributed by atoms with Crippen LogP contribution in [-0.4, -0.2) is 82.7 Å². The SMILES string of the molecule is O=C(O)COC(=O)CSN1C(=O)C(NC(=O)Cc2nn[nH]n2)C1CI. The molecule has 1 aromatic rings. The highest BCUT2D eigenvalue weighted by atomic mass is 127. The lowest BCUT2D eigenvalue weighted by Crippen LogP contribution is -2.69. The molecule has 2 heterocycles. The Morgan fingerprint density at radius 2 is 2.20 bits per heavy atom. The summed E-state index contributed by atoms with van der Waals surface area (Å²) in [4.78, 5) is 45.7. The van der Waals surface area contributed by atoms with Gasteiger partial charge in [0.2, 0.25) is 5.91 Å².